The average Bonchev–Trinajstić information content (AvgIpc) is 2.62. The molecule has 1 aliphatic rings. The Balaban J connectivity index is 1.61. The summed E-state index contributed by atoms with van der Waals surface area (Å²) in [6.45, 7) is 3.77. The molecule has 0 radical (unpaired) electrons. The second-order valence-electron chi connectivity index (χ2n) is 6.12. The first-order valence-corrected chi connectivity index (χ1v) is 8.25. The van der Waals surface area contributed by atoms with Gasteiger partial charge in [0.25, 0.3) is 0 Å². The third-order valence-electron chi connectivity index (χ3n) is 4.44. The number of hydrogen-bond acceptors (Lipinski definition) is 3. The molecule has 1 N–H and O–H groups in total. The van der Waals surface area contributed by atoms with Crippen molar-refractivity contribution in [3.05, 3.63) is 60.4 Å². The quantitative estimate of drug-likeness (QED) is 0.923. The van der Waals surface area contributed by atoms with Crippen molar-refractivity contribution in [2.24, 2.45) is 0 Å². The fraction of sp³-hybridized carbons (Fsp3) is 0.368. The maximum atomic E-state index is 12.7. The number of nitrogens with one attached hydrogen (secondary N) is 1. The van der Waals surface area contributed by atoms with E-state index in [1.807, 2.05) is 23.1 Å². The molecule has 1 saturated heterocycles. The predicted molar refractivity (Wildman–Crippen MR) is 92.5 cm³/mol. The first-order valence-electron chi connectivity index (χ1n) is 8.25. The summed E-state index contributed by atoms with van der Waals surface area (Å²) in [4.78, 5) is 18.7. The normalized spacial score (nSPS) is 19.6. The van der Waals surface area contributed by atoms with Crippen LogP contribution in [0.15, 0.2) is 54.9 Å². The van der Waals surface area contributed by atoms with Crippen LogP contribution in [0.1, 0.15) is 31.2 Å². The summed E-state index contributed by atoms with van der Waals surface area (Å²) in [6, 6.07) is 14.1. The first kappa shape index (κ1) is 15.7. The van der Waals surface area contributed by atoms with Crippen molar-refractivity contribution in [3.63, 3.8) is 0 Å². The number of carbonyl (C=O) groups excluding carboxylic acids is 1. The van der Waals surface area contributed by atoms with Crippen LogP contribution in [-0.4, -0.2) is 30.0 Å². The van der Waals surface area contributed by atoms with Crippen molar-refractivity contribution in [3.8, 4) is 0 Å². The van der Waals surface area contributed by atoms with E-state index in [1.54, 1.807) is 12.4 Å². The van der Waals surface area contributed by atoms with Gasteiger partial charge < -0.3 is 10.2 Å². The molecule has 4 heteroatoms. The van der Waals surface area contributed by atoms with Gasteiger partial charge in [-0.05, 0) is 36.5 Å². The molecule has 120 valence electrons. The van der Waals surface area contributed by atoms with E-state index in [4.69, 9.17) is 0 Å². The molecule has 0 unspecified atom stereocenters. The molecule has 1 aromatic carbocycles. The van der Waals surface area contributed by atoms with E-state index in [1.165, 1.54) is 5.56 Å². The zero-order valence-electron chi connectivity index (χ0n) is 13.5. The molecule has 2 aromatic rings. The Hall–Kier alpha value is -2.20. The summed E-state index contributed by atoms with van der Waals surface area (Å²) in [5, 5.41) is 3.46. The molecular formula is C19H23N3O. The minimum Gasteiger partial charge on any atom is -0.310 e. The van der Waals surface area contributed by atoms with Gasteiger partial charge in [0.05, 0.1) is 17.9 Å². The molecule has 1 aliphatic heterocycles. The molecule has 23 heavy (non-hydrogen) atoms. The number of piperidine rings is 1. The number of carbonyl (C=O) groups is 1. The number of amides is 1. The van der Waals surface area contributed by atoms with E-state index in [0.29, 0.717) is 5.92 Å². The topological polar surface area (TPSA) is 45.2 Å². The fourth-order valence-electron chi connectivity index (χ4n) is 3.05. The zero-order valence-corrected chi connectivity index (χ0v) is 13.5. The Morgan fingerprint density at radius 3 is 2.83 bits per heavy atom. The molecule has 2 heterocycles. The number of pyridine rings is 1. The van der Waals surface area contributed by atoms with E-state index in [-0.39, 0.29) is 11.9 Å². The Labute approximate surface area is 137 Å². The second-order valence-corrected chi connectivity index (χ2v) is 6.12. The van der Waals surface area contributed by atoms with Gasteiger partial charge in [0.15, 0.2) is 0 Å². The monoisotopic (exact) mass is 309 g/mol. The average molecular weight is 309 g/mol. The zero-order chi connectivity index (χ0) is 16.1. The van der Waals surface area contributed by atoms with Crippen molar-refractivity contribution < 1.29 is 4.79 Å². The highest BCUT2D eigenvalue weighted by molar-refractivity contribution is 5.97. The van der Waals surface area contributed by atoms with Gasteiger partial charge in [-0.15, -0.1) is 0 Å². The van der Waals surface area contributed by atoms with E-state index in [0.717, 1.165) is 31.6 Å². The van der Waals surface area contributed by atoms with Crippen LogP contribution >= 0.6 is 0 Å². The molecule has 2 atom stereocenters. The van der Waals surface area contributed by atoms with Gasteiger partial charge in [0.2, 0.25) is 5.91 Å². The maximum Gasteiger partial charge on any atom is 0.244 e. The second kappa shape index (κ2) is 7.38. The molecule has 1 fully saturated rings. The number of aromatic nitrogens is 1. The van der Waals surface area contributed by atoms with Crippen LogP contribution in [-0.2, 0) is 4.79 Å². The predicted octanol–water partition coefficient (Wildman–Crippen LogP) is 2.97. The number of rotatable bonds is 5. The maximum absolute atomic E-state index is 12.7. The summed E-state index contributed by atoms with van der Waals surface area (Å²) in [5.41, 5.74) is 2.19. The van der Waals surface area contributed by atoms with Crippen LogP contribution in [0.3, 0.4) is 0 Å². The van der Waals surface area contributed by atoms with E-state index < -0.39 is 0 Å². The summed E-state index contributed by atoms with van der Waals surface area (Å²) < 4.78 is 0. The largest absolute Gasteiger partial charge is 0.310 e. The van der Waals surface area contributed by atoms with Crippen LogP contribution in [0.5, 0.6) is 0 Å². The van der Waals surface area contributed by atoms with Crippen LogP contribution in [0, 0.1) is 0 Å². The van der Waals surface area contributed by atoms with Gasteiger partial charge in [-0.3, -0.25) is 9.78 Å². The molecule has 3 rings (SSSR count). The summed E-state index contributed by atoms with van der Waals surface area (Å²) in [6.07, 6.45) is 5.40. The Morgan fingerprint density at radius 1 is 1.26 bits per heavy atom. The van der Waals surface area contributed by atoms with E-state index in [2.05, 4.69) is 41.5 Å². The lowest BCUT2D eigenvalue weighted by Gasteiger charge is -2.33. The highest BCUT2D eigenvalue weighted by Crippen LogP contribution is 2.21. The van der Waals surface area contributed by atoms with E-state index in [9.17, 15) is 4.79 Å². The lowest BCUT2D eigenvalue weighted by atomic mass is 9.99. The lowest BCUT2D eigenvalue weighted by molar-refractivity contribution is -0.121. The minimum atomic E-state index is -0.102. The van der Waals surface area contributed by atoms with Gasteiger partial charge in [-0.25, -0.2) is 0 Å². The molecule has 0 saturated carbocycles. The summed E-state index contributed by atoms with van der Waals surface area (Å²) in [7, 11) is 0. The Morgan fingerprint density at radius 2 is 2.09 bits per heavy atom. The van der Waals surface area contributed by atoms with Crippen molar-refractivity contribution >= 4 is 11.6 Å². The number of hydrogen-bond donors (Lipinski definition) is 1. The Bertz CT molecular complexity index is 630. The van der Waals surface area contributed by atoms with Crippen molar-refractivity contribution in [1.29, 1.82) is 0 Å². The van der Waals surface area contributed by atoms with Crippen LogP contribution in [0.25, 0.3) is 0 Å². The standard InChI is InChI=1S/C19H23N3O/c1-15(16-7-3-2-4-8-16)13-21-18-10-6-12-22(19(18)23)17-9-5-11-20-14-17/h2-5,7-9,11,14-15,18,21H,6,10,12-13H2,1H3/t15-,18-/m1/s1. The molecule has 0 spiro atoms. The van der Waals surface area contributed by atoms with Crippen molar-refractivity contribution in [1.82, 2.24) is 10.3 Å². The van der Waals surface area contributed by atoms with Crippen LogP contribution < -0.4 is 10.2 Å². The number of nitrogens with zero attached hydrogens (tertiary/aromatic N) is 2. The summed E-state index contributed by atoms with van der Waals surface area (Å²) >= 11 is 0. The molecule has 4 nitrogen and oxygen atoms in total. The highest BCUT2D eigenvalue weighted by atomic mass is 16.2. The van der Waals surface area contributed by atoms with Gasteiger partial charge in [0.1, 0.15) is 0 Å². The first-order chi connectivity index (χ1) is 11.3. The molecule has 1 aromatic heterocycles. The molecule has 0 bridgehead atoms. The molecular weight excluding hydrogens is 286 g/mol. The van der Waals surface area contributed by atoms with Crippen molar-refractivity contribution in [2.45, 2.75) is 31.7 Å². The molecule has 0 aliphatic carbocycles. The fourth-order valence-corrected chi connectivity index (χ4v) is 3.05. The highest BCUT2D eigenvalue weighted by Gasteiger charge is 2.29. The van der Waals surface area contributed by atoms with Gasteiger partial charge in [0, 0.05) is 19.3 Å². The van der Waals surface area contributed by atoms with Gasteiger partial charge >= 0.3 is 0 Å². The Kier molecular flexibility index (Phi) is 5.03. The van der Waals surface area contributed by atoms with Crippen molar-refractivity contribution in [2.75, 3.05) is 18.0 Å². The van der Waals surface area contributed by atoms with Gasteiger partial charge in [-0.1, -0.05) is 37.3 Å². The number of benzene rings is 1. The smallest absolute Gasteiger partial charge is 0.244 e. The molecule has 1 amide bonds. The lowest BCUT2D eigenvalue weighted by Crippen LogP contribution is -2.51. The summed E-state index contributed by atoms with van der Waals surface area (Å²) in [5.74, 6) is 0.544. The SMILES string of the molecule is C[C@H](CN[C@@H]1CCCN(c2cccnc2)C1=O)c1ccccc1. The third kappa shape index (κ3) is 3.77. The van der Waals surface area contributed by atoms with E-state index >= 15 is 0 Å². The van der Waals surface area contributed by atoms with Gasteiger partial charge in [-0.2, -0.15) is 0 Å². The number of anilines is 1. The van der Waals surface area contributed by atoms with Crippen LogP contribution in [0.4, 0.5) is 5.69 Å². The van der Waals surface area contributed by atoms with Crippen LogP contribution in [0.2, 0.25) is 0 Å². The third-order valence-corrected chi connectivity index (χ3v) is 4.44. The minimum absolute atomic E-state index is 0.102.